The maximum absolute atomic E-state index is 13.4. The molecule has 2 aromatic rings. The first-order valence-electron chi connectivity index (χ1n) is 11.6. The Bertz CT molecular complexity index is 1170. The Labute approximate surface area is 180 Å². The molecule has 2 aliphatic heterocycles. The van der Waals surface area contributed by atoms with Gasteiger partial charge in [0.15, 0.2) is 0 Å². The molecule has 1 aromatic carbocycles. The SMILES string of the molecule is O=C(c1cccc(=O)[nH]1)N1C[C@H]2CC34CCC1C2C31CCNC4Cc2ccc(O)cc21. The van der Waals surface area contributed by atoms with E-state index in [9.17, 15) is 14.7 Å². The van der Waals surface area contributed by atoms with Gasteiger partial charge in [-0.15, -0.1) is 0 Å². The number of hydrogen-bond donors (Lipinski definition) is 3. The summed E-state index contributed by atoms with van der Waals surface area (Å²) in [6, 6.07) is 11.5. The highest BCUT2D eigenvalue weighted by Crippen LogP contribution is 2.74. The molecule has 1 amide bonds. The summed E-state index contributed by atoms with van der Waals surface area (Å²) in [5.74, 6) is 1.21. The lowest BCUT2D eigenvalue weighted by Crippen LogP contribution is -2.69. The van der Waals surface area contributed by atoms with Gasteiger partial charge in [-0.3, -0.25) is 9.59 Å². The molecule has 2 saturated carbocycles. The van der Waals surface area contributed by atoms with Crippen LogP contribution in [0, 0.1) is 17.3 Å². The van der Waals surface area contributed by atoms with Gasteiger partial charge >= 0.3 is 0 Å². The Kier molecular flexibility index (Phi) is 3.37. The van der Waals surface area contributed by atoms with Crippen molar-refractivity contribution in [3.63, 3.8) is 0 Å². The molecule has 6 heteroatoms. The molecule has 3 N–H and O–H groups in total. The molecule has 4 bridgehead atoms. The van der Waals surface area contributed by atoms with E-state index >= 15 is 0 Å². The van der Waals surface area contributed by atoms with Gasteiger partial charge in [0.2, 0.25) is 5.56 Å². The lowest BCUT2D eigenvalue weighted by atomic mass is 9.44. The number of carbonyl (C=O) groups excluding carboxylic acids is 1. The van der Waals surface area contributed by atoms with Crippen molar-refractivity contribution >= 4 is 5.91 Å². The molecular formula is C25H27N3O3. The fraction of sp³-hybridized carbons (Fsp3) is 0.520. The van der Waals surface area contributed by atoms with Crippen LogP contribution in [-0.2, 0) is 11.8 Å². The number of fused-ring (bicyclic) bond motifs is 1. The Morgan fingerprint density at radius 2 is 2.10 bits per heavy atom. The van der Waals surface area contributed by atoms with Gasteiger partial charge in [-0.05, 0) is 85.2 Å². The van der Waals surface area contributed by atoms with Crippen molar-refractivity contribution in [2.24, 2.45) is 17.3 Å². The summed E-state index contributed by atoms with van der Waals surface area (Å²) in [5, 5.41) is 14.3. The highest BCUT2D eigenvalue weighted by molar-refractivity contribution is 5.92. The molecule has 6 atom stereocenters. The molecule has 160 valence electrons. The van der Waals surface area contributed by atoms with Gasteiger partial charge < -0.3 is 20.3 Å². The van der Waals surface area contributed by atoms with E-state index in [0.717, 1.165) is 45.2 Å². The molecule has 5 unspecified atom stereocenters. The topological polar surface area (TPSA) is 85.4 Å². The number of H-pyrrole nitrogens is 1. The first-order chi connectivity index (χ1) is 15.0. The van der Waals surface area contributed by atoms with Gasteiger partial charge in [0.05, 0.1) is 0 Å². The number of piperidine rings is 1. The van der Waals surface area contributed by atoms with Crippen LogP contribution < -0.4 is 10.9 Å². The number of rotatable bonds is 1. The highest BCUT2D eigenvalue weighted by Gasteiger charge is 2.75. The van der Waals surface area contributed by atoms with Crippen LogP contribution in [0.25, 0.3) is 0 Å². The van der Waals surface area contributed by atoms with Crippen LogP contribution in [0.15, 0.2) is 41.2 Å². The Morgan fingerprint density at radius 1 is 1.19 bits per heavy atom. The van der Waals surface area contributed by atoms with Crippen molar-refractivity contribution in [2.45, 2.75) is 49.6 Å². The summed E-state index contributed by atoms with van der Waals surface area (Å²) in [6.45, 7) is 1.77. The molecule has 1 aromatic heterocycles. The highest BCUT2D eigenvalue weighted by atomic mass is 16.3. The van der Waals surface area contributed by atoms with Gasteiger partial charge in [-0.1, -0.05) is 12.1 Å². The van der Waals surface area contributed by atoms with Crippen LogP contribution in [0.2, 0.25) is 0 Å². The largest absolute Gasteiger partial charge is 0.508 e. The second-order valence-electron chi connectivity index (χ2n) is 10.4. The number of carbonyl (C=O) groups is 1. The number of nitrogens with one attached hydrogen (secondary N) is 2. The molecular weight excluding hydrogens is 390 g/mol. The first kappa shape index (κ1) is 18.0. The van der Waals surface area contributed by atoms with Crippen molar-refractivity contribution < 1.29 is 9.90 Å². The van der Waals surface area contributed by atoms with Crippen molar-refractivity contribution in [3.8, 4) is 5.75 Å². The van der Waals surface area contributed by atoms with Gasteiger partial charge in [-0.25, -0.2) is 0 Å². The average Bonchev–Trinajstić information content (AvgIpc) is 3.20. The summed E-state index contributed by atoms with van der Waals surface area (Å²) >= 11 is 0. The lowest BCUT2D eigenvalue weighted by molar-refractivity contribution is -0.0448. The first-order valence-corrected chi connectivity index (χ1v) is 11.6. The fourth-order valence-electron chi connectivity index (χ4n) is 8.85. The minimum atomic E-state index is -0.232. The second kappa shape index (κ2) is 5.80. The third kappa shape index (κ3) is 2.03. The number of benzene rings is 1. The maximum atomic E-state index is 13.4. The van der Waals surface area contributed by atoms with E-state index in [1.165, 1.54) is 17.2 Å². The van der Waals surface area contributed by atoms with Crippen LogP contribution in [-0.4, -0.2) is 46.1 Å². The number of likely N-dealkylation sites (tertiary alicyclic amines) is 1. The third-order valence-corrected chi connectivity index (χ3v) is 9.56. The Balaban J connectivity index is 1.37. The number of aromatic amines is 1. The Morgan fingerprint density at radius 3 is 2.97 bits per heavy atom. The number of phenolic OH excluding ortho intramolecular Hbond substituents is 1. The monoisotopic (exact) mass is 417 g/mol. The quantitative estimate of drug-likeness (QED) is 0.664. The van der Waals surface area contributed by atoms with E-state index in [1.54, 1.807) is 12.1 Å². The molecule has 4 fully saturated rings. The molecule has 5 aliphatic rings. The van der Waals surface area contributed by atoms with Crippen LogP contribution in [0.3, 0.4) is 0 Å². The number of hydrogen-bond acceptors (Lipinski definition) is 4. The molecule has 3 heterocycles. The van der Waals surface area contributed by atoms with Crippen molar-refractivity contribution in [1.82, 2.24) is 15.2 Å². The molecule has 0 spiro atoms. The lowest BCUT2D eigenvalue weighted by Gasteiger charge is -2.64. The van der Waals surface area contributed by atoms with Crippen molar-refractivity contribution in [1.29, 1.82) is 0 Å². The minimum absolute atomic E-state index is 0.0297. The Hall–Kier alpha value is -2.60. The van der Waals surface area contributed by atoms with E-state index in [2.05, 4.69) is 21.3 Å². The standard InChI is InChI=1S/C25H27N3O3/c29-16-5-4-14-10-20-24-7-6-19-22(25(24,8-9-26-20)17(14)11-16)15(12-24)13-28(19)23(31)18-2-1-3-21(30)27-18/h1-5,11,15,19-20,22,26,29H,6-10,12-13H2,(H,27,30)/t15-,19?,20?,22?,24?,25?/m1/s1. The molecule has 3 aliphatic carbocycles. The van der Waals surface area contributed by atoms with E-state index in [4.69, 9.17) is 0 Å². The van der Waals surface area contributed by atoms with Crippen LogP contribution >= 0.6 is 0 Å². The van der Waals surface area contributed by atoms with Gasteiger partial charge in [-0.2, -0.15) is 0 Å². The molecule has 6 nitrogen and oxygen atoms in total. The van der Waals surface area contributed by atoms with E-state index in [0.29, 0.717) is 29.3 Å². The van der Waals surface area contributed by atoms with E-state index < -0.39 is 0 Å². The average molecular weight is 418 g/mol. The van der Waals surface area contributed by atoms with E-state index in [1.807, 2.05) is 12.1 Å². The van der Waals surface area contributed by atoms with Crippen LogP contribution in [0.1, 0.15) is 47.3 Å². The van der Waals surface area contributed by atoms with Crippen LogP contribution in [0.4, 0.5) is 0 Å². The smallest absolute Gasteiger partial charge is 0.270 e. The molecule has 31 heavy (non-hydrogen) atoms. The maximum Gasteiger partial charge on any atom is 0.270 e. The molecule has 7 rings (SSSR count). The molecule has 0 radical (unpaired) electrons. The zero-order valence-electron chi connectivity index (χ0n) is 17.4. The molecule has 2 saturated heterocycles. The predicted molar refractivity (Wildman–Crippen MR) is 115 cm³/mol. The number of nitrogens with zero attached hydrogens (tertiary/aromatic N) is 1. The summed E-state index contributed by atoms with van der Waals surface area (Å²) < 4.78 is 0. The van der Waals surface area contributed by atoms with Gasteiger partial charge in [0.1, 0.15) is 11.4 Å². The number of aromatic nitrogens is 1. The number of pyridine rings is 1. The van der Waals surface area contributed by atoms with Crippen molar-refractivity contribution in [2.75, 3.05) is 13.1 Å². The van der Waals surface area contributed by atoms with Gasteiger partial charge in [0, 0.05) is 30.1 Å². The third-order valence-electron chi connectivity index (χ3n) is 9.56. The summed E-state index contributed by atoms with van der Waals surface area (Å²) in [7, 11) is 0. The summed E-state index contributed by atoms with van der Waals surface area (Å²) in [4.78, 5) is 30.1. The minimum Gasteiger partial charge on any atom is -0.508 e. The normalized spacial score (nSPS) is 39.2. The van der Waals surface area contributed by atoms with Crippen molar-refractivity contribution in [3.05, 3.63) is 63.6 Å². The number of phenols is 1. The number of amides is 1. The predicted octanol–water partition coefficient (Wildman–Crippen LogP) is 2.18. The zero-order valence-corrected chi connectivity index (χ0v) is 17.4. The zero-order chi connectivity index (χ0) is 21.0. The fourth-order valence-corrected chi connectivity index (χ4v) is 8.85. The second-order valence-corrected chi connectivity index (χ2v) is 10.4. The van der Waals surface area contributed by atoms with E-state index in [-0.39, 0.29) is 28.3 Å². The number of aromatic hydroxyl groups is 1. The van der Waals surface area contributed by atoms with Crippen LogP contribution in [0.5, 0.6) is 5.75 Å². The summed E-state index contributed by atoms with van der Waals surface area (Å²) in [6.07, 6.45) is 5.40. The summed E-state index contributed by atoms with van der Waals surface area (Å²) in [5.41, 5.74) is 3.14. The van der Waals surface area contributed by atoms with Gasteiger partial charge in [0.25, 0.3) is 5.91 Å².